The van der Waals surface area contributed by atoms with Gasteiger partial charge in [-0.05, 0) is 49.6 Å². The van der Waals surface area contributed by atoms with Crippen molar-refractivity contribution in [2.75, 3.05) is 0 Å². The maximum Gasteiger partial charge on any atom is 0.387 e. The summed E-state index contributed by atoms with van der Waals surface area (Å²) in [5.74, 6) is 0.0131. The van der Waals surface area contributed by atoms with Crippen molar-refractivity contribution in [3.05, 3.63) is 26.6 Å². The summed E-state index contributed by atoms with van der Waals surface area (Å²) in [6.45, 7) is -3.12. The Morgan fingerprint density at radius 3 is 2.50 bits per heavy atom. The minimum atomic E-state index is -2.87. The van der Waals surface area contributed by atoms with Gasteiger partial charge in [-0.1, -0.05) is 0 Å². The first-order valence-electron chi connectivity index (χ1n) is 3.58. The zero-order chi connectivity index (χ0) is 10.7. The van der Waals surface area contributed by atoms with E-state index in [0.717, 1.165) is 0 Å². The minimum absolute atomic E-state index is 0.0131. The molecule has 0 radical (unpaired) electrons. The first-order valence-corrected chi connectivity index (χ1v) is 5.16. The number of alkyl halides is 2. The standard InChI is InChI=1S/C8H6Br2F2O2/c9-6-2-5(14-8(11)12)1-4(3-13)7(6)10/h1-2,8,13H,3H2. The Labute approximate surface area is 96.1 Å². The van der Waals surface area contributed by atoms with E-state index < -0.39 is 6.61 Å². The van der Waals surface area contributed by atoms with Crippen molar-refractivity contribution < 1.29 is 18.6 Å². The summed E-state index contributed by atoms with van der Waals surface area (Å²) in [6, 6.07) is 2.75. The van der Waals surface area contributed by atoms with Gasteiger partial charge in [-0.2, -0.15) is 8.78 Å². The molecule has 1 aromatic rings. The van der Waals surface area contributed by atoms with Crippen LogP contribution in [0.1, 0.15) is 5.56 Å². The van der Waals surface area contributed by atoms with Gasteiger partial charge in [0.15, 0.2) is 0 Å². The number of aliphatic hydroxyl groups excluding tert-OH is 1. The highest BCUT2D eigenvalue weighted by molar-refractivity contribution is 9.13. The molecule has 0 heterocycles. The second-order valence-corrected chi connectivity index (χ2v) is 4.06. The lowest BCUT2D eigenvalue weighted by Crippen LogP contribution is -2.02. The topological polar surface area (TPSA) is 29.5 Å². The summed E-state index contributed by atoms with van der Waals surface area (Å²) in [5.41, 5.74) is 0.482. The summed E-state index contributed by atoms with van der Waals surface area (Å²) in [6.07, 6.45) is 0. The van der Waals surface area contributed by atoms with Gasteiger partial charge in [0.05, 0.1) is 6.61 Å². The number of rotatable bonds is 3. The smallest absolute Gasteiger partial charge is 0.387 e. The second kappa shape index (κ2) is 5.04. The molecule has 0 unspecified atom stereocenters. The fraction of sp³-hybridized carbons (Fsp3) is 0.250. The van der Waals surface area contributed by atoms with Gasteiger partial charge >= 0.3 is 6.61 Å². The van der Waals surface area contributed by atoms with Crippen LogP contribution in [0.2, 0.25) is 0 Å². The van der Waals surface area contributed by atoms with E-state index in [0.29, 0.717) is 14.5 Å². The molecular formula is C8H6Br2F2O2. The van der Waals surface area contributed by atoms with Crippen molar-refractivity contribution >= 4 is 31.9 Å². The number of aliphatic hydroxyl groups is 1. The highest BCUT2D eigenvalue weighted by Gasteiger charge is 2.10. The highest BCUT2D eigenvalue weighted by Crippen LogP contribution is 2.32. The fourth-order valence-electron chi connectivity index (χ4n) is 0.904. The van der Waals surface area contributed by atoms with Crippen LogP contribution in [-0.4, -0.2) is 11.7 Å². The Morgan fingerprint density at radius 2 is 2.00 bits per heavy atom. The van der Waals surface area contributed by atoms with Gasteiger partial charge in [-0.15, -0.1) is 0 Å². The van der Waals surface area contributed by atoms with Crippen LogP contribution in [0.5, 0.6) is 5.75 Å². The maximum atomic E-state index is 11.9. The Bertz CT molecular complexity index is 331. The van der Waals surface area contributed by atoms with Crippen LogP contribution in [0.4, 0.5) is 8.78 Å². The summed E-state index contributed by atoms with van der Waals surface area (Å²) in [7, 11) is 0. The molecule has 6 heteroatoms. The van der Waals surface area contributed by atoms with E-state index in [4.69, 9.17) is 5.11 Å². The zero-order valence-electron chi connectivity index (χ0n) is 6.81. The molecule has 14 heavy (non-hydrogen) atoms. The molecule has 1 rings (SSSR count). The molecule has 0 saturated carbocycles. The lowest BCUT2D eigenvalue weighted by Gasteiger charge is -2.09. The van der Waals surface area contributed by atoms with Gasteiger partial charge < -0.3 is 9.84 Å². The number of benzene rings is 1. The first-order chi connectivity index (χ1) is 6.54. The molecular weight excluding hydrogens is 326 g/mol. The van der Waals surface area contributed by atoms with Crippen LogP contribution in [0.3, 0.4) is 0 Å². The van der Waals surface area contributed by atoms with Gasteiger partial charge in [0, 0.05) is 8.95 Å². The largest absolute Gasteiger partial charge is 0.435 e. The predicted octanol–water partition coefficient (Wildman–Crippen LogP) is 3.31. The molecule has 0 aliphatic heterocycles. The molecule has 0 atom stereocenters. The van der Waals surface area contributed by atoms with E-state index >= 15 is 0 Å². The average molecular weight is 332 g/mol. The zero-order valence-corrected chi connectivity index (χ0v) is 9.98. The molecule has 0 fully saturated rings. The van der Waals surface area contributed by atoms with Crippen LogP contribution in [0.25, 0.3) is 0 Å². The number of hydrogen-bond acceptors (Lipinski definition) is 2. The third kappa shape index (κ3) is 2.90. The summed E-state index contributed by atoms with van der Waals surface area (Å²) in [5, 5.41) is 8.91. The molecule has 0 saturated heterocycles. The van der Waals surface area contributed by atoms with Crippen LogP contribution in [-0.2, 0) is 6.61 Å². The van der Waals surface area contributed by atoms with Crippen molar-refractivity contribution in [1.82, 2.24) is 0 Å². The summed E-state index contributed by atoms with van der Waals surface area (Å²) >= 11 is 6.34. The van der Waals surface area contributed by atoms with E-state index in [-0.39, 0.29) is 12.4 Å². The number of ether oxygens (including phenoxy) is 1. The molecule has 0 aliphatic carbocycles. The Hall–Kier alpha value is -0.200. The quantitative estimate of drug-likeness (QED) is 0.920. The molecule has 0 bridgehead atoms. The normalized spacial score (nSPS) is 10.7. The van der Waals surface area contributed by atoms with Crippen LogP contribution < -0.4 is 4.74 Å². The fourth-order valence-corrected chi connectivity index (χ4v) is 1.74. The number of halogens is 4. The van der Waals surface area contributed by atoms with Crippen molar-refractivity contribution in [2.24, 2.45) is 0 Å². The molecule has 0 aliphatic rings. The second-order valence-electron chi connectivity index (χ2n) is 2.41. The van der Waals surface area contributed by atoms with Crippen LogP contribution in [0, 0.1) is 0 Å². The predicted molar refractivity (Wildman–Crippen MR) is 54.4 cm³/mol. The molecule has 1 aromatic carbocycles. The van der Waals surface area contributed by atoms with Crippen LogP contribution in [0.15, 0.2) is 21.1 Å². The molecule has 2 nitrogen and oxygen atoms in total. The van der Waals surface area contributed by atoms with Gasteiger partial charge in [0.2, 0.25) is 0 Å². The van der Waals surface area contributed by atoms with E-state index in [1.165, 1.54) is 12.1 Å². The summed E-state index contributed by atoms with van der Waals surface area (Å²) < 4.78 is 29.1. The number of hydrogen-bond donors (Lipinski definition) is 1. The van der Waals surface area contributed by atoms with E-state index in [9.17, 15) is 8.78 Å². The SMILES string of the molecule is OCc1cc(OC(F)F)cc(Br)c1Br. The van der Waals surface area contributed by atoms with Gasteiger partial charge in [0.1, 0.15) is 5.75 Å². The van der Waals surface area contributed by atoms with Crippen molar-refractivity contribution in [1.29, 1.82) is 0 Å². The third-order valence-corrected chi connectivity index (χ3v) is 3.57. The maximum absolute atomic E-state index is 11.9. The molecule has 0 amide bonds. The third-order valence-electron chi connectivity index (χ3n) is 1.47. The van der Waals surface area contributed by atoms with Gasteiger partial charge in [-0.3, -0.25) is 0 Å². The van der Waals surface area contributed by atoms with Crippen molar-refractivity contribution in [3.63, 3.8) is 0 Å². The molecule has 78 valence electrons. The van der Waals surface area contributed by atoms with Crippen molar-refractivity contribution in [3.8, 4) is 5.75 Å². The molecule has 0 aromatic heterocycles. The highest BCUT2D eigenvalue weighted by atomic mass is 79.9. The molecule has 1 N–H and O–H groups in total. The first kappa shape index (κ1) is 11.9. The Morgan fingerprint density at radius 1 is 1.36 bits per heavy atom. The monoisotopic (exact) mass is 330 g/mol. The van der Waals surface area contributed by atoms with Crippen LogP contribution >= 0.6 is 31.9 Å². The van der Waals surface area contributed by atoms with E-state index in [1.807, 2.05) is 0 Å². The molecule has 0 spiro atoms. The van der Waals surface area contributed by atoms with Gasteiger partial charge in [0.25, 0.3) is 0 Å². The summed E-state index contributed by atoms with van der Waals surface area (Å²) in [4.78, 5) is 0. The van der Waals surface area contributed by atoms with Crippen molar-refractivity contribution in [2.45, 2.75) is 13.2 Å². The lowest BCUT2D eigenvalue weighted by atomic mass is 10.2. The Balaban J connectivity index is 3.03. The van der Waals surface area contributed by atoms with E-state index in [1.54, 1.807) is 0 Å². The van der Waals surface area contributed by atoms with E-state index in [2.05, 4.69) is 36.6 Å². The van der Waals surface area contributed by atoms with Gasteiger partial charge in [-0.25, -0.2) is 0 Å². The Kier molecular flexibility index (Phi) is 4.28. The minimum Gasteiger partial charge on any atom is -0.435 e. The average Bonchev–Trinajstić information content (AvgIpc) is 2.10. The lowest BCUT2D eigenvalue weighted by molar-refractivity contribution is -0.0499.